The average Bonchev–Trinajstić information content (AvgIpc) is 3.19. The normalized spacial score (nSPS) is 10.6. The van der Waals surface area contributed by atoms with Crippen molar-refractivity contribution < 1.29 is 9.57 Å². The van der Waals surface area contributed by atoms with Crippen molar-refractivity contribution in [1.82, 2.24) is 9.55 Å². The second kappa shape index (κ2) is 8.73. The molecule has 142 valence electrons. The van der Waals surface area contributed by atoms with E-state index in [2.05, 4.69) is 16.2 Å². The third kappa shape index (κ3) is 3.96. The fourth-order valence-electron chi connectivity index (χ4n) is 2.82. The smallest absolute Gasteiger partial charge is 0.157 e. The summed E-state index contributed by atoms with van der Waals surface area (Å²) in [5.41, 5.74) is 2.95. The van der Waals surface area contributed by atoms with E-state index in [1.165, 1.54) is 0 Å². The SMILES string of the molecule is COc1ccccc1CO/N=C\c1cccn1-c1nccc(N(C)C)c1C#N. The zero-order chi connectivity index (χ0) is 19.9. The average molecular weight is 375 g/mol. The van der Waals surface area contributed by atoms with Gasteiger partial charge < -0.3 is 14.5 Å². The molecule has 7 nitrogen and oxygen atoms in total. The highest BCUT2D eigenvalue weighted by Gasteiger charge is 2.14. The van der Waals surface area contributed by atoms with Crippen molar-refractivity contribution in [3.8, 4) is 17.6 Å². The number of benzene rings is 1. The molecule has 3 rings (SSSR count). The number of hydrogen-bond acceptors (Lipinski definition) is 6. The van der Waals surface area contributed by atoms with Gasteiger partial charge in [0.05, 0.1) is 24.7 Å². The lowest BCUT2D eigenvalue weighted by atomic mass is 10.2. The van der Waals surface area contributed by atoms with Crippen molar-refractivity contribution in [3.63, 3.8) is 0 Å². The Bertz CT molecular complexity index is 1020. The maximum atomic E-state index is 9.63. The minimum atomic E-state index is 0.291. The highest BCUT2D eigenvalue weighted by Crippen LogP contribution is 2.23. The van der Waals surface area contributed by atoms with Crippen LogP contribution in [0.5, 0.6) is 5.75 Å². The Morgan fingerprint density at radius 1 is 1.21 bits per heavy atom. The second-order valence-electron chi connectivity index (χ2n) is 6.16. The topological polar surface area (TPSA) is 75.7 Å². The first-order valence-corrected chi connectivity index (χ1v) is 8.67. The molecule has 0 saturated heterocycles. The number of hydrogen-bond donors (Lipinski definition) is 0. The Labute approximate surface area is 164 Å². The Kier molecular flexibility index (Phi) is 5.92. The summed E-state index contributed by atoms with van der Waals surface area (Å²) in [6.07, 6.45) is 5.12. The zero-order valence-corrected chi connectivity index (χ0v) is 16.0. The molecule has 0 N–H and O–H groups in total. The van der Waals surface area contributed by atoms with Crippen LogP contribution in [0.1, 0.15) is 16.8 Å². The first-order chi connectivity index (χ1) is 13.7. The zero-order valence-electron chi connectivity index (χ0n) is 16.0. The van der Waals surface area contributed by atoms with Crippen LogP contribution < -0.4 is 9.64 Å². The van der Waals surface area contributed by atoms with E-state index < -0.39 is 0 Å². The highest BCUT2D eigenvalue weighted by molar-refractivity contribution is 5.79. The maximum Gasteiger partial charge on any atom is 0.157 e. The number of oxime groups is 1. The molecule has 0 fully saturated rings. The summed E-state index contributed by atoms with van der Waals surface area (Å²) in [6.45, 7) is 0.291. The van der Waals surface area contributed by atoms with Crippen molar-refractivity contribution >= 4 is 11.9 Å². The van der Waals surface area contributed by atoms with Gasteiger partial charge >= 0.3 is 0 Å². The number of para-hydroxylation sites is 1. The van der Waals surface area contributed by atoms with Crippen molar-refractivity contribution in [2.45, 2.75) is 6.61 Å². The minimum absolute atomic E-state index is 0.291. The fraction of sp³-hybridized carbons (Fsp3) is 0.190. The van der Waals surface area contributed by atoms with Gasteiger partial charge in [-0.15, -0.1) is 0 Å². The van der Waals surface area contributed by atoms with E-state index >= 15 is 0 Å². The summed E-state index contributed by atoms with van der Waals surface area (Å²) in [4.78, 5) is 11.7. The number of rotatable bonds is 7. The molecule has 0 aliphatic heterocycles. The first-order valence-electron chi connectivity index (χ1n) is 8.67. The Hall–Kier alpha value is -3.79. The second-order valence-corrected chi connectivity index (χ2v) is 6.16. The molecule has 28 heavy (non-hydrogen) atoms. The molecule has 0 saturated carbocycles. The number of pyridine rings is 1. The molecule has 0 bridgehead atoms. The molecular formula is C21H21N5O2. The number of nitrogens with zero attached hydrogens (tertiary/aromatic N) is 5. The van der Waals surface area contributed by atoms with Crippen molar-refractivity contribution in [2.24, 2.45) is 5.16 Å². The van der Waals surface area contributed by atoms with E-state index in [0.29, 0.717) is 18.0 Å². The molecule has 0 amide bonds. The van der Waals surface area contributed by atoms with E-state index in [4.69, 9.17) is 9.57 Å². The van der Waals surface area contributed by atoms with Gasteiger partial charge in [-0.2, -0.15) is 5.26 Å². The van der Waals surface area contributed by atoms with Gasteiger partial charge in [-0.3, -0.25) is 4.57 Å². The third-order valence-electron chi connectivity index (χ3n) is 4.18. The fourth-order valence-corrected chi connectivity index (χ4v) is 2.82. The Balaban J connectivity index is 1.81. The van der Waals surface area contributed by atoms with Crippen LogP contribution in [0.2, 0.25) is 0 Å². The van der Waals surface area contributed by atoms with E-state index in [9.17, 15) is 5.26 Å². The van der Waals surface area contributed by atoms with Gasteiger partial charge in [-0.1, -0.05) is 23.4 Å². The lowest BCUT2D eigenvalue weighted by Crippen LogP contribution is -2.13. The summed E-state index contributed by atoms with van der Waals surface area (Å²) >= 11 is 0. The number of nitriles is 1. The van der Waals surface area contributed by atoms with Gasteiger partial charge in [0, 0.05) is 32.1 Å². The molecule has 7 heteroatoms. The van der Waals surface area contributed by atoms with E-state index in [-0.39, 0.29) is 0 Å². The summed E-state index contributed by atoms with van der Waals surface area (Å²) < 4.78 is 7.11. The van der Waals surface area contributed by atoms with Gasteiger partial charge in [0.2, 0.25) is 0 Å². The number of ether oxygens (including phenoxy) is 1. The van der Waals surface area contributed by atoms with Gasteiger partial charge in [0.15, 0.2) is 5.82 Å². The predicted molar refractivity (Wildman–Crippen MR) is 108 cm³/mol. The highest BCUT2D eigenvalue weighted by atomic mass is 16.6. The summed E-state index contributed by atoms with van der Waals surface area (Å²) in [6, 6.07) is 15.4. The first kappa shape index (κ1) is 19.0. The molecule has 0 spiro atoms. The molecule has 1 aromatic carbocycles. The van der Waals surface area contributed by atoms with Gasteiger partial charge in [0.25, 0.3) is 0 Å². The molecule has 3 aromatic rings. The van der Waals surface area contributed by atoms with Crippen molar-refractivity contribution in [2.75, 3.05) is 26.1 Å². The lowest BCUT2D eigenvalue weighted by Gasteiger charge is -2.16. The van der Waals surface area contributed by atoms with Gasteiger partial charge in [0.1, 0.15) is 24.0 Å². The molecule has 0 aliphatic rings. The molecule has 2 aromatic heterocycles. The molecular weight excluding hydrogens is 354 g/mol. The molecule has 0 atom stereocenters. The largest absolute Gasteiger partial charge is 0.496 e. The number of aromatic nitrogens is 2. The monoisotopic (exact) mass is 375 g/mol. The third-order valence-corrected chi connectivity index (χ3v) is 4.18. The summed E-state index contributed by atoms with van der Waals surface area (Å²) in [5.74, 6) is 1.30. The predicted octanol–water partition coefficient (Wildman–Crippen LogP) is 3.37. The molecule has 0 unspecified atom stereocenters. The van der Waals surface area contributed by atoms with Crippen LogP contribution in [0, 0.1) is 11.3 Å². The quantitative estimate of drug-likeness (QED) is 0.467. The van der Waals surface area contributed by atoms with E-state index in [1.54, 1.807) is 19.5 Å². The number of anilines is 1. The van der Waals surface area contributed by atoms with Crippen molar-refractivity contribution in [3.05, 3.63) is 71.7 Å². The van der Waals surface area contributed by atoms with Crippen LogP contribution in [0.4, 0.5) is 5.69 Å². The minimum Gasteiger partial charge on any atom is -0.496 e. The van der Waals surface area contributed by atoms with Crippen LogP contribution in [0.15, 0.2) is 60.0 Å². The number of methoxy groups -OCH3 is 1. The molecule has 2 heterocycles. The standard InChI is InChI=1S/C21H21N5O2/c1-25(2)19-10-11-23-21(18(19)13-22)26-12-6-8-17(26)14-24-28-15-16-7-4-5-9-20(16)27-3/h4-12,14H,15H2,1-3H3/b24-14-. The Morgan fingerprint density at radius 2 is 2.04 bits per heavy atom. The lowest BCUT2D eigenvalue weighted by molar-refractivity contribution is 0.130. The van der Waals surface area contributed by atoms with Crippen LogP contribution in [-0.2, 0) is 11.4 Å². The summed E-state index contributed by atoms with van der Waals surface area (Å²) in [5, 5.41) is 13.7. The van der Waals surface area contributed by atoms with Crippen LogP contribution in [0.3, 0.4) is 0 Å². The molecule has 0 aliphatic carbocycles. The maximum absolute atomic E-state index is 9.63. The van der Waals surface area contributed by atoms with E-state index in [1.807, 2.05) is 72.2 Å². The van der Waals surface area contributed by atoms with Gasteiger partial charge in [-0.25, -0.2) is 4.98 Å². The Morgan fingerprint density at radius 3 is 2.79 bits per heavy atom. The van der Waals surface area contributed by atoms with Crippen LogP contribution in [-0.4, -0.2) is 37.0 Å². The van der Waals surface area contributed by atoms with Crippen LogP contribution >= 0.6 is 0 Å². The van der Waals surface area contributed by atoms with Crippen molar-refractivity contribution in [1.29, 1.82) is 5.26 Å². The van der Waals surface area contributed by atoms with Crippen LogP contribution in [0.25, 0.3) is 5.82 Å². The molecule has 0 radical (unpaired) electrons. The summed E-state index contributed by atoms with van der Waals surface area (Å²) in [7, 11) is 5.41. The van der Waals surface area contributed by atoms with E-state index in [0.717, 1.165) is 22.7 Å². The van der Waals surface area contributed by atoms with Gasteiger partial charge in [-0.05, 0) is 24.3 Å².